The van der Waals surface area contributed by atoms with Crippen LogP contribution in [-0.4, -0.2) is 6.61 Å². The van der Waals surface area contributed by atoms with E-state index >= 15 is 0 Å². The molecule has 4 rings (SSSR count). The lowest BCUT2D eigenvalue weighted by atomic mass is 9.71. The van der Waals surface area contributed by atoms with Gasteiger partial charge in [-0.3, -0.25) is 0 Å². The van der Waals surface area contributed by atoms with Crippen molar-refractivity contribution >= 4 is 0 Å². The number of hydrogen-bond acceptors (Lipinski definition) is 1. The second-order valence-corrected chi connectivity index (χ2v) is 12.9. The Morgan fingerprint density at radius 2 is 1.50 bits per heavy atom. The molecule has 2 heteroatoms. The number of ether oxygens (including phenoxy) is 1. The lowest BCUT2D eigenvalue weighted by Crippen LogP contribution is -2.24. The quantitative estimate of drug-likeness (QED) is 0.185. The van der Waals surface area contributed by atoms with Crippen LogP contribution in [-0.2, 0) is 6.42 Å². The van der Waals surface area contributed by atoms with Crippen LogP contribution in [0.3, 0.4) is 0 Å². The molecule has 0 N–H and O–H groups in total. The number of unbranched alkanes of at least 4 members (excludes halogenated alkanes) is 3. The molecule has 3 aliphatic rings. The number of benzene rings is 1. The molecule has 0 aromatic heterocycles. The molecule has 212 valence electrons. The fourth-order valence-electron chi connectivity index (χ4n) is 7.26. The molecule has 2 atom stereocenters. The summed E-state index contributed by atoms with van der Waals surface area (Å²) in [5.74, 6) is 5.30. The van der Waals surface area contributed by atoms with E-state index in [1.54, 1.807) is 6.07 Å². The fourth-order valence-corrected chi connectivity index (χ4v) is 7.26. The van der Waals surface area contributed by atoms with E-state index in [2.05, 4.69) is 38.2 Å². The van der Waals surface area contributed by atoms with Crippen molar-refractivity contribution in [3.05, 3.63) is 53.9 Å². The number of hydrogen-bond donors (Lipinski definition) is 0. The maximum Gasteiger partial charge on any atom is 0.130 e. The molecule has 3 aliphatic carbocycles. The SMILES string of the molecule is CCCCCc1ccc(OCC2C=CC(C3CCC(/C=C/C4CCC(CCCC)CC4)CC3)CC2)cc1F. The van der Waals surface area contributed by atoms with E-state index < -0.39 is 0 Å². The fraction of sp³-hybridized carbons (Fsp3) is 0.722. The van der Waals surface area contributed by atoms with Gasteiger partial charge in [0.2, 0.25) is 0 Å². The van der Waals surface area contributed by atoms with Gasteiger partial charge in [-0.1, -0.05) is 76.3 Å². The molecule has 1 aromatic rings. The van der Waals surface area contributed by atoms with Crippen LogP contribution in [0.2, 0.25) is 0 Å². The standard InChI is InChI=1S/C36H55FO/c1-3-5-7-9-34-24-25-35(26-36(34)37)38-27-31-18-22-33(23-19-31)32-20-16-30(17-21-32)15-14-29-12-10-28(11-13-29)8-6-4-2/h14-15,18,22,24-26,28-33H,3-13,16-17,19-21,23,27H2,1-2H3/b15-14+. The zero-order chi connectivity index (χ0) is 26.6. The summed E-state index contributed by atoms with van der Waals surface area (Å²) in [5.41, 5.74) is 0.821. The predicted octanol–water partition coefficient (Wildman–Crippen LogP) is 10.9. The lowest BCUT2D eigenvalue weighted by molar-refractivity contribution is 0.210. The number of halogens is 1. The summed E-state index contributed by atoms with van der Waals surface area (Å²) < 4.78 is 20.4. The second kappa shape index (κ2) is 15.9. The summed E-state index contributed by atoms with van der Waals surface area (Å²) in [6.07, 6.45) is 32.3. The van der Waals surface area contributed by atoms with Crippen molar-refractivity contribution in [3.63, 3.8) is 0 Å². The summed E-state index contributed by atoms with van der Waals surface area (Å²) in [5, 5.41) is 0. The minimum Gasteiger partial charge on any atom is -0.493 e. The molecule has 0 radical (unpaired) electrons. The average Bonchev–Trinajstić information content (AvgIpc) is 2.96. The van der Waals surface area contributed by atoms with Gasteiger partial charge in [0.1, 0.15) is 11.6 Å². The van der Waals surface area contributed by atoms with Gasteiger partial charge in [0.25, 0.3) is 0 Å². The van der Waals surface area contributed by atoms with Crippen LogP contribution in [0, 0.1) is 41.3 Å². The Hall–Kier alpha value is -1.57. The molecule has 38 heavy (non-hydrogen) atoms. The highest BCUT2D eigenvalue weighted by Gasteiger charge is 2.28. The van der Waals surface area contributed by atoms with Gasteiger partial charge in [0.15, 0.2) is 0 Å². The molecule has 0 heterocycles. The highest BCUT2D eigenvalue weighted by atomic mass is 19.1. The van der Waals surface area contributed by atoms with E-state index in [1.807, 2.05) is 12.1 Å². The summed E-state index contributed by atoms with van der Waals surface area (Å²) in [6.45, 7) is 5.16. The molecular formula is C36H55FO. The van der Waals surface area contributed by atoms with E-state index in [4.69, 9.17) is 4.74 Å². The van der Waals surface area contributed by atoms with Gasteiger partial charge < -0.3 is 4.74 Å². The van der Waals surface area contributed by atoms with Crippen molar-refractivity contribution in [1.82, 2.24) is 0 Å². The molecule has 1 aromatic carbocycles. The van der Waals surface area contributed by atoms with E-state index in [0.717, 1.165) is 60.8 Å². The minimum absolute atomic E-state index is 0.113. The summed E-state index contributed by atoms with van der Waals surface area (Å²) in [7, 11) is 0. The third-order valence-electron chi connectivity index (χ3n) is 9.97. The van der Waals surface area contributed by atoms with Crippen molar-refractivity contribution in [3.8, 4) is 5.75 Å². The van der Waals surface area contributed by atoms with Crippen molar-refractivity contribution in [1.29, 1.82) is 0 Å². The van der Waals surface area contributed by atoms with Crippen molar-refractivity contribution in [2.24, 2.45) is 35.5 Å². The number of aryl methyl sites for hydroxylation is 1. The Balaban J connectivity index is 1.13. The molecule has 2 unspecified atom stereocenters. The van der Waals surface area contributed by atoms with Gasteiger partial charge in [0, 0.05) is 12.0 Å². The average molecular weight is 523 g/mol. The monoisotopic (exact) mass is 522 g/mol. The zero-order valence-electron chi connectivity index (χ0n) is 24.5. The third-order valence-corrected chi connectivity index (χ3v) is 9.97. The van der Waals surface area contributed by atoms with Crippen LogP contribution >= 0.6 is 0 Å². The first-order valence-electron chi connectivity index (χ1n) is 16.4. The van der Waals surface area contributed by atoms with Crippen molar-refractivity contribution < 1.29 is 9.13 Å². The van der Waals surface area contributed by atoms with Crippen LogP contribution in [0.1, 0.15) is 122 Å². The normalized spacial score (nSPS) is 30.1. The maximum atomic E-state index is 14.4. The molecular weight excluding hydrogens is 467 g/mol. The molecule has 0 saturated heterocycles. The molecule has 2 saturated carbocycles. The van der Waals surface area contributed by atoms with Gasteiger partial charge in [-0.05, 0) is 118 Å². The van der Waals surface area contributed by atoms with E-state index in [-0.39, 0.29) is 5.82 Å². The minimum atomic E-state index is -0.113. The molecule has 2 fully saturated rings. The predicted molar refractivity (Wildman–Crippen MR) is 160 cm³/mol. The lowest BCUT2D eigenvalue weighted by Gasteiger charge is -2.34. The van der Waals surface area contributed by atoms with Crippen LogP contribution in [0.4, 0.5) is 4.39 Å². The largest absolute Gasteiger partial charge is 0.493 e. The Kier molecular flexibility index (Phi) is 12.3. The van der Waals surface area contributed by atoms with Crippen LogP contribution in [0.25, 0.3) is 0 Å². The summed E-state index contributed by atoms with van der Waals surface area (Å²) in [6, 6.07) is 5.45. The molecule has 0 bridgehead atoms. The summed E-state index contributed by atoms with van der Waals surface area (Å²) in [4.78, 5) is 0. The molecule has 1 nitrogen and oxygen atoms in total. The zero-order valence-corrected chi connectivity index (χ0v) is 24.5. The molecule has 0 amide bonds. The first kappa shape index (κ1) is 29.4. The number of rotatable bonds is 13. The van der Waals surface area contributed by atoms with Gasteiger partial charge >= 0.3 is 0 Å². The van der Waals surface area contributed by atoms with Crippen LogP contribution in [0.5, 0.6) is 5.75 Å². The highest BCUT2D eigenvalue weighted by Crippen LogP contribution is 2.40. The maximum absolute atomic E-state index is 14.4. The molecule has 0 aliphatic heterocycles. The van der Waals surface area contributed by atoms with Crippen LogP contribution < -0.4 is 4.74 Å². The van der Waals surface area contributed by atoms with Gasteiger partial charge in [-0.2, -0.15) is 0 Å². The Morgan fingerprint density at radius 3 is 2.13 bits per heavy atom. The Morgan fingerprint density at radius 1 is 0.789 bits per heavy atom. The van der Waals surface area contributed by atoms with Gasteiger partial charge in [0.05, 0.1) is 6.61 Å². The number of allylic oxidation sites excluding steroid dienone is 3. The third kappa shape index (κ3) is 9.27. The Bertz CT molecular complexity index is 856. The smallest absolute Gasteiger partial charge is 0.130 e. The van der Waals surface area contributed by atoms with E-state index in [0.29, 0.717) is 18.3 Å². The topological polar surface area (TPSA) is 9.23 Å². The Labute approximate surface area is 233 Å². The first-order valence-corrected chi connectivity index (χ1v) is 16.4. The molecule has 0 spiro atoms. The van der Waals surface area contributed by atoms with Crippen molar-refractivity contribution in [2.75, 3.05) is 6.61 Å². The second-order valence-electron chi connectivity index (χ2n) is 12.9. The van der Waals surface area contributed by atoms with Crippen LogP contribution in [0.15, 0.2) is 42.5 Å². The summed E-state index contributed by atoms with van der Waals surface area (Å²) >= 11 is 0. The van der Waals surface area contributed by atoms with Gasteiger partial charge in [-0.25, -0.2) is 4.39 Å². The van der Waals surface area contributed by atoms with E-state index in [9.17, 15) is 4.39 Å². The first-order chi connectivity index (χ1) is 18.6. The van der Waals surface area contributed by atoms with Crippen molar-refractivity contribution in [2.45, 2.75) is 123 Å². The van der Waals surface area contributed by atoms with E-state index in [1.165, 1.54) is 83.5 Å². The van der Waals surface area contributed by atoms with Gasteiger partial charge in [-0.15, -0.1) is 0 Å². The highest BCUT2D eigenvalue weighted by molar-refractivity contribution is 5.29.